The highest BCUT2D eigenvalue weighted by atomic mass is 19.1. The Kier molecular flexibility index (Phi) is 10.5. The molecule has 3 N–H and O–H groups in total. The van der Waals surface area contributed by atoms with Crippen LogP contribution in [0, 0.1) is 11.2 Å². The van der Waals surface area contributed by atoms with Crippen molar-refractivity contribution < 1.29 is 14.3 Å². The molecule has 3 aromatic rings. The Balaban J connectivity index is 1.46. The first-order valence-corrected chi connectivity index (χ1v) is 15.9. The smallest absolute Gasteiger partial charge is 0.265 e. The monoisotopic (exact) mass is 638 g/mol. The van der Waals surface area contributed by atoms with E-state index in [9.17, 15) is 14.7 Å². The minimum absolute atomic E-state index is 0.00264. The van der Waals surface area contributed by atoms with Crippen LogP contribution in [0.3, 0.4) is 0 Å². The third-order valence-electron chi connectivity index (χ3n) is 8.61. The van der Waals surface area contributed by atoms with Crippen LogP contribution in [-0.4, -0.2) is 83.8 Å². The number of aldehydes is 1. The molecule has 5 rings (SSSR count). The summed E-state index contributed by atoms with van der Waals surface area (Å²) in [7, 11) is 5.76. The minimum Gasteiger partial charge on any atom is -0.392 e. The minimum atomic E-state index is -0.551. The van der Waals surface area contributed by atoms with Gasteiger partial charge in [-0.3, -0.25) is 19.6 Å². The van der Waals surface area contributed by atoms with Gasteiger partial charge in [0.25, 0.3) is 5.56 Å². The lowest BCUT2D eigenvalue weighted by molar-refractivity contribution is -0.105. The number of rotatable bonds is 11. The molecule has 2 heterocycles. The van der Waals surface area contributed by atoms with Crippen LogP contribution in [0.15, 0.2) is 89.3 Å². The number of likely N-dealkylation sites (N-methyl/N-ethyl adjacent to an activating group) is 1. The van der Waals surface area contributed by atoms with Crippen molar-refractivity contribution in [2.24, 2.45) is 0 Å². The van der Waals surface area contributed by atoms with Crippen LogP contribution < -0.4 is 10.9 Å². The lowest BCUT2D eigenvalue weighted by atomic mass is 9.97. The molecule has 0 amide bonds. The topological polar surface area (TPSA) is 105 Å². The fourth-order valence-electron chi connectivity index (χ4n) is 5.97. The highest BCUT2D eigenvalue weighted by molar-refractivity contribution is 5.97. The number of carbonyl (C=O) groups excluding carboxylic acids is 1. The molecule has 1 aliphatic heterocycles. The van der Waals surface area contributed by atoms with Crippen molar-refractivity contribution in [3.63, 3.8) is 0 Å². The number of aliphatic hydroxyl groups excluding tert-OH is 1. The van der Waals surface area contributed by atoms with Gasteiger partial charge in [0, 0.05) is 69.5 Å². The lowest BCUT2D eigenvalue weighted by Crippen LogP contribution is -2.43. The van der Waals surface area contributed by atoms with Gasteiger partial charge in [-0.1, -0.05) is 24.3 Å². The Bertz CT molecular complexity index is 1840. The number of carbonyl (C=O) groups is 1. The van der Waals surface area contributed by atoms with Gasteiger partial charge in [-0.2, -0.15) is 0 Å². The van der Waals surface area contributed by atoms with Crippen molar-refractivity contribution in [3.8, 4) is 5.69 Å². The van der Waals surface area contributed by atoms with Crippen LogP contribution in [0.25, 0.3) is 22.0 Å². The maximum absolute atomic E-state index is 15.3. The zero-order valence-electron chi connectivity index (χ0n) is 27.5. The van der Waals surface area contributed by atoms with E-state index in [0.29, 0.717) is 40.0 Å². The summed E-state index contributed by atoms with van der Waals surface area (Å²) in [6.45, 7) is 5.26. The van der Waals surface area contributed by atoms with Crippen LogP contribution in [0.1, 0.15) is 42.4 Å². The molecule has 10 heteroatoms. The number of amidine groups is 1. The summed E-state index contributed by atoms with van der Waals surface area (Å²) in [4.78, 5) is 32.3. The van der Waals surface area contributed by atoms with Gasteiger partial charge in [-0.05, 0) is 85.7 Å². The number of aliphatic hydroxyl groups is 1. The number of aromatic nitrogens is 1. The first-order valence-electron chi connectivity index (χ1n) is 15.9. The quantitative estimate of drug-likeness (QED) is 0.0915. The van der Waals surface area contributed by atoms with Gasteiger partial charge < -0.3 is 25.1 Å². The Morgan fingerprint density at radius 3 is 2.51 bits per heavy atom. The van der Waals surface area contributed by atoms with Crippen molar-refractivity contribution in [2.75, 3.05) is 47.3 Å². The highest BCUT2D eigenvalue weighted by Gasteiger charge is 2.25. The summed E-state index contributed by atoms with van der Waals surface area (Å²) >= 11 is 0. The van der Waals surface area contributed by atoms with Gasteiger partial charge in [0.2, 0.25) is 0 Å². The fraction of sp³-hybridized carbons (Fsp3) is 0.324. The molecular formula is C37H43FN6O3. The molecule has 0 atom stereocenters. The second-order valence-electron chi connectivity index (χ2n) is 12.3. The zero-order chi connectivity index (χ0) is 33.7. The maximum atomic E-state index is 15.3. The van der Waals surface area contributed by atoms with E-state index in [1.165, 1.54) is 10.6 Å². The van der Waals surface area contributed by atoms with E-state index in [0.717, 1.165) is 50.3 Å². The van der Waals surface area contributed by atoms with Gasteiger partial charge in [0.1, 0.15) is 11.7 Å². The van der Waals surface area contributed by atoms with Gasteiger partial charge in [-0.25, -0.2) is 4.39 Å². The number of nitrogens with one attached hydrogen (secondary N) is 2. The van der Waals surface area contributed by atoms with Crippen molar-refractivity contribution >= 4 is 28.5 Å². The molecule has 1 aromatic heterocycles. The van der Waals surface area contributed by atoms with Crippen LogP contribution in [-0.2, 0) is 11.4 Å². The number of halogens is 1. The van der Waals surface area contributed by atoms with Crippen LogP contribution in [0.5, 0.6) is 0 Å². The average Bonchev–Trinajstić information content (AvgIpc) is 3.90. The summed E-state index contributed by atoms with van der Waals surface area (Å²) in [6, 6.07) is 10.3. The molecule has 1 saturated heterocycles. The summed E-state index contributed by atoms with van der Waals surface area (Å²) < 4.78 is 16.6. The Morgan fingerprint density at radius 1 is 1.13 bits per heavy atom. The second-order valence-corrected chi connectivity index (χ2v) is 12.3. The molecule has 2 aromatic carbocycles. The maximum Gasteiger partial charge on any atom is 0.265 e. The molecule has 2 aliphatic rings. The Labute approximate surface area is 275 Å². The third kappa shape index (κ3) is 7.78. The number of fused-ring (bicyclic) bond motifs is 1. The van der Waals surface area contributed by atoms with Crippen LogP contribution in [0.4, 0.5) is 4.39 Å². The number of hydrogen-bond acceptors (Lipinski definition) is 7. The number of allylic oxidation sites excluding steroid dienone is 5. The zero-order valence-corrected chi connectivity index (χ0v) is 27.5. The van der Waals surface area contributed by atoms with Crippen LogP contribution >= 0.6 is 0 Å². The Hall–Kier alpha value is -4.80. The van der Waals surface area contributed by atoms with Crippen molar-refractivity contribution in [1.82, 2.24) is 24.6 Å². The standard InChI is InChI=1S/C37H43FN6O3/c1-5-30(43-17-15-42(4)16-18-43)11-12-35(39)40-29(23-45)20-28(22-41(2)3)31-7-6-8-34(32(31)24-46)44-14-13-26-19-27(25-9-10-25)21-33(38)36(26)37(44)47/h5-8,11-14,19-23,25,46H,9-10,15-18,24H2,1-4H3,(H2,39,40)/b12-11-,28-22+,29-20+,30-5+. The van der Waals surface area contributed by atoms with E-state index in [1.807, 2.05) is 39.2 Å². The van der Waals surface area contributed by atoms with Crippen LogP contribution in [0.2, 0.25) is 0 Å². The normalized spacial score (nSPS) is 16.6. The largest absolute Gasteiger partial charge is 0.392 e. The molecule has 0 radical (unpaired) electrons. The molecule has 2 fully saturated rings. The van der Waals surface area contributed by atoms with E-state index in [-0.39, 0.29) is 16.9 Å². The number of hydrogen-bond donors (Lipinski definition) is 3. The predicted octanol–water partition coefficient (Wildman–Crippen LogP) is 4.76. The number of nitrogens with zero attached hydrogens (tertiary/aromatic N) is 4. The van der Waals surface area contributed by atoms with Gasteiger partial charge >= 0.3 is 0 Å². The summed E-state index contributed by atoms with van der Waals surface area (Å²) in [5, 5.41) is 22.6. The third-order valence-corrected chi connectivity index (χ3v) is 8.61. The highest BCUT2D eigenvalue weighted by Crippen LogP contribution is 2.41. The SMILES string of the molecule is C/C=C(\C=C/C(=N)N/C(C=O)=C/C(=C\N(C)C)c1cccc(-n2ccc3cc(C4CC4)cc(F)c3c2=O)c1CO)N1CCN(C)CC1. The molecule has 1 aliphatic carbocycles. The van der Waals surface area contributed by atoms with Gasteiger partial charge in [-0.15, -0.1) is 0 Å². The molecule has 0 unspecified atom stereocenters. The molecule has 1 saturated carbocycles. The molecular weight excluding hydrogens is 595 g/mol. The summed E-state index contributed by atoms with van der Waals surface area (Å²) in [5.74, 6) is -0.168. The van der Waals surface area contributed by atoms with Gasteiger partial charge in [0.15, 0.2) is 6.29 Å². The molecule has 47 heavy (non-hydrogen) atoms. The molecule has 0 spiro atoms. The average molecular weight is 639 g/mol. The van der Waals surface area contributed by atoms with Crippen molar-refractivity contribution in [2.45, 2.75) is 32.3 Å². The summed E-state index contributed by atoms with van der Waals surface area (Å²) in [6.07, 6.45) is 13.2. The van der Waals surface area contributed by atoms with Crippen molar-refractivity contribution in [1.29, 1.82) is 5.41 Å². The van der Waals surface area contributed by atoms with E-state index >= 15 is 4.39 Å². The first kappa shape index (κ1) is 33.6. The molecule has 9 nitrogen and oxygen atoms in total. The first-order chi connectivity index (χ1) is 22.6. The van der Waals surface area contributed by atoms with Crippen molar-refractivity contribution in [3.05, 3.63) is 117 Å². The predicted molar refractivity (Wildman–Crippen MR) is 186 cm³/mol. The molecule has 0 bridgehead atoms. The number of benzene rings is 2. The van der Waals surface area contributed by atoms with E-state index in [4.69, 9.17) is 5.41 Å². The second kappa shape index (κ2) is 14.7. The fourth-order valence-corrected chi connectivity index (χ4v) is 5.97. The molecule has 246 valence electrons. The number of pyridine rings is 1. The van der Waals surface area contributed by atoms with E-state index in [1.54, 1.807) is 53.7 Å². The Morgan fingerprint density at radius 2 is 1.87 bits per heavy atom. The van der Waals surface area contributed by atoms with Gasteiger partial charge in [0.05, 0.1) is 23.4 Å². The van der Waals surface area contributed by atoms with E-state index < -0.39 is 18.0 Å². The van der Waals surface area contributed by atoms with E-state index in [2.05, 4.69) is 22.2 Å². The lowest BCUT2D eigenvalue weighted by Gasteiger charge is -2.34. The number of piperazine rings is 1. The summed E-state index contributed by atoms with van der Waals surface area (Å²) in [5.41, 5.74) is 3.51.